The van der Waals surface area contributed by atoms with E-state index < -0.39 is 15.8 Å². The summed E-state index contributed by atoms with van der Waals surface area (Å²) < 4.78 is 37.7. The van der Waals surface area contributed by atoms with Gasteiger partial charge in [-0.2, -0.15) is 0 Å². The number of fused-ring (bicyclic) bond motifs is 1. The van der Waals surface area contributed by atoms with Gasteiger partial charge in [0.1, 0.15) is 0 Å². The van der Waals surface area contributed by atoms with Crippen LogP contribution < -0.4 is 10.5 Å². The first-order valence-corrected chi connectivity index (χ1v) is 7.52. The molecule has 0 spiro atoms. The van der Waals surface area contributed by atoms with Crippen molar-refractivity contribution in [2.75, 3.05) is 20.3 Å². The highest BCUT2D eigenvalue weighted by atomic mass is 32.2. The Kier molecular flexibility index (Phi) is 4.26. The zero-order valence-corrected chi connectivity index (χ0v) is 12.1. The molecule has 20 heavy (non-hydrogen) atoms. The summed E-state index contributed by atoms with van der Waals surface area (Å²) in [7, 11) is -0.496. The van der Waals surface area contributed by atoms with Gasteiger partial charge in [-0.1, -0.05) is 0 Å². The fraction of sp³-hybridized carbons (Fsp3) is 0.417. The van der Waals surface area contributed by atoms with Gasteiger partial charge >= 0.3 is 5.76 Å². The predicted molar refractivity (Wildman–Crippen MR) is 73.1 cm³/mol. The van der Waals surface area contributed by atoms with Gasteiger partial charge in [0, 0.05) is 33.4 Å². The van der Waals surface area contributed by atoms with E-state index in [0.29, 0.717) is 18.5 Å². The summed E-state index contributed by atoms with van der Waals surface area (Å²) in [5, 5.41) is 0. The van der Waals surface area contributed by atoms with Crippen LogP contribution in [0.25, 0.3) is 11.1 Å². The van der Waals surface area contributed by atoms with Crippen molar-refractivity contribution in [2.45, 2.75) is 11.3 Å². The van der Waals surface area contributed by atoms with Crippen LogP contribution in [0.3, 0.4) is 0 Å². The molecule has 0 aliphatic rings. The number of nitrogens with one attached hydrogen (secondary N) is 1. The summed E-state index contributed by atoms with van der Waals surface area (Å²) >= 11 is 0. The molecule has 2 aromatic rings. The van der Waals surface area contributed by atoms with E-state index in [1.165, 1.54) is 16.7 Å². The lowest BCUT2D eigenvalue weighted by molar-refractivity contribution is 0.196. The van der Waals surface area contributed by atoms with Gasteiger partial charge in [0.2, 0.25) is 10.0 Å². The van der Waals surface area contributed by atoms with Crippen LogP contribution in [0.2, 0.25) is 0 Å². The minimum atomic E-state index is -3.61. The Balaban J connectivity index is 2.26. The Bertz CT molecular complexity index is 760. The molecule has 0 saturated carbocycles. The van der Waals surface area contributed by atoms with Crippen LogP contribution in [0.5, 0.6) is 0 Å². The highest BCUT2D eigenvalue weighted by Crippen LogP contribution is 2.17. The maximum absolute atomic E-state index is 12.1. The van der Waals surface area contributed by atoms with Crippen molar-refractivity contribution in [1.82, 2.24) is 9.29 Å². The highest BCUT2D eigenvalue weighted by molar-refractivity contribution is 7.89. The largest absolute Gasteiger partial charge is 0.419 e. The maximum Gasteiger partial charge on any atom is 0.419 e. The maximum atomic E-state index is 12.1. The lowest BCUT2D eigenvalue weighted by atomic mass is 10.3. The number of sulfonamides is 1. The molecule has 0 aliphatic heterocycles. The number of nitrogens with zero attached hydrogens (tertiary/aromatic N) is 1. The van der Waals surface area contributed by atoms with Crippen LogP contribution in [0.4, 0.5) is 0 Å². The Hall–Kier alpha value is -1.64. The number of oxazole rings is 1. The lowest BCUT2D eigenvalue weighted by Crippen LogP contribution is -2.25. The summed E-state index contributed by atoms with van der Waals surface area (Å²) in [5.74, 6) is -0.525. The average molecular weight is 300 g/mol. The van der Waals surface area contributed by atoms with E-state index in [9.17, 15) is 13.2 Å². The van der Waals surface area contributed by atoms with Crippen LogP contribution in [0.15, 0.2) is 32.3 Å². The van der Waals surface area contributed by atoms with Crippen LogP contribution in [-0.4, -0.2) is 33.2 Å². The third-order valence-electron chi connectivity index (χ3n) is 2.89. The molecule has 8 heteroatoms. The molecule has 2 rings (SSSR count). The Morgan fingerprint density at radius 1 is 1.40 bits per heavy atom. The molecule has 0 bridgehead atoms. The molecule has 0 fully saturated rings. The second kappa shape index (κ2) is 5.78. The standard InChI is InChI=1S/C12H16N2O5S/c1-14-10-5-4-9(8-11(10)19-12(14)15)20(16,17)13-6-3-7-18-2/h4-5,8,13H,3,6-7H2,1-2H3. The Morgan fingerprint density at radius 3 is 2.85 bits per heavy atom. The monoisotopic (exact) mass is 300 g/mol. The van der Waals surface area contributed by atoms with Crippen molar-refractivity contribution in [2.24, 2.45) is 7.05 Å². The molecule has 110 valence electrons. The van der Waals surface area contributed by atoms with E-state index in [1.54, 1.807) is 20.2 Å². The van der Waals surface area contributed by atoms with Gasteiger partial charge < -0.3 is 9.15 Å². The quantitative estimate of drug-likeness (QED) is 0.782. The molecule has 1 aromatic heterocycles. The number of ether oxygens (including phenoxy) is 1. The third-order valence-corrected chi connectivity index (χ3v) is 4.35. The average Bonchev–Trinajstić information content (AvgIpc) is 2.70. The number of aryl methyl sites for hydroxylation is 1. The van der Waals surface area contributed by atoms with Crippen LogP contribution >= 0.6 is 0 Å². The molecule has 0 unspecified atom stereocenters. The fourth-order valence-corrected chi connectivity index (χ4v) is 2.88. The third kappa shape index (κ3) is 2.92. The summed E-state index contributed by atoms with van der Waals surface area (Å²) in [4.78, 5) is 11.4. The number of rotatable bonds is 6. The molecule has 0 atom stereocenters. The van der Waals surface area contributed by atoms with Gasteiger partial charge in [0.15, 0.2) is 5.58 Å². The second-order valence-electron chi connectivity index (χ2n) is 4.30. The van der Waals surface area contributed by atoms with Gasteiger partial charge in [0.25, 0.3) is 0 Å². The smallest absolute Gasteiger partial charge is 0.408 e. The first-order chi connectivity index (χ1) is 9.45. The molecule has 0 amide bonds. The van der Waals surface area contributed by atoms with Gasteiger partial charge in [-0.3, -0.25) is 4.57 Å². The fourth-order valence-electron chi connectivity index (χ4n) is 1.79. The summed E-state index contributed by atoms with van der Waals surface area (Å²) in [6.45, 7) is 0.766. The number of hydrogen-bond acceptors (Lipinski definition) is 5. The van der Waals surface area contributed by atoms with E-state index in [0.717, 1.165) is 0 Å². The minimum absolute atomic E-state index is 0.0665. The zero-order valence-electron chi connectivity index (χ0n) is 11.3. The molecule has 1 aromatic carbocycles. The van der Waals surface area contributed by atoms with E-state index in [-0.39, 0.29) is 17.0 Å². The van der Waals surface area contributed by atoms with Crippen molar-refractivity contribution in [3.63, 3.8) is 0 Å². The van der Waals surface area contributed by atoms with Crippen molar-refractivity contribution in [3.8, 4) is 0 Å². The highest BCUT2D eigenvalue weighted by Gasteiger charge is 2.16. The van der Waals surface area contributed by atoms with E-state index in [2.05, 4.69) is 4.72 Å². The van der Waals surface area contributed by atoms with Crippen LogP contribution in [0.1, 0.15) is 6.42 Å². The molecular formula is C12H16N2O5S. The summed E-state index contributed by atoms with van der Waals surface area (Å²) in [6, 6.07) is 4.33. The van der Waals surface area contributed by atoms with Gasteiger partial charge in [0.05, 0.1) is 10.4 Å². The lowest BCUT2D eigenvalue weighted by Gasteiger charge is -2.06. The van der Waals surface area contributed by atoms with Gasteiger partial charge in [-0.05, 0) is 18.6 Å². The predicted octanol–water partition coefficient (Wildman–Crippen LogP) is 0.446. The first kappa shape index (κ1) is 14.8. The second-order valence-corrected chi connectivity index (χ2v) is 6.07. The zero-order chi connectivity index (χ0) is 14.8. The minimum Gasteiger partial charge on any atom is -0.408 e. The van der Waals surface area contributed by atoms with Gasteiger partial charge in [-0.25, -0.2) is 17.9 Å². The molecule has 7 nitrogen and oxygen atoms in total. The SMILES string of the molecule is COCCCNS(=O)(=O)c1ccc2c(c1)oc(=O)n2C. The Labute approximate surface area is 116 Å². The molecule has 1 heterocycles. The van der Waals surface area contributed by atoms with Crippen LogP contribution in [-0.2, 0) is 21.8 Å². The number of aromatic nitrogens is 1. The summed E-state index contributed by atoms with van der Waals surface area (Å²) in [6.07, 6.45) is 0.582. The van der Waals surface area contributed by atoms with E-state index in [1.807, 2.05) is 0 Å². The van der Waals surface area contributed by atoms with E-state index >= 15 is 0 Å². The van der Waals surface area contributed by atoms with Crippen molar-refractivity contribution in [1.29, 1.82) is 0 Å². The molecule has 0 saturated heterocycles. The molecule has 1 N–H and O–H groups in total. The first-order valence-electron chi connectivity index (χ1n) is 6.04. The normalized spacial score (nSPS) is 12.1. The topological polar surface area (TPSA) is 90.5 Å². The van der Waals surface area contributed by atoms with Crippen molar-refractivity contribution in [3.05, 3.63) is 28.7 Å². The van der Waals surface area contributed by atoms with Crippen LogP contribution in [0, 0.1) is 0 Å². The van der Waals surface area contributed by atoms with Gasteiger partial charge in [-0.15, -0.1) is 0 Å². The summed E-state index contributed by atoms with van der Waals surface area (Å²) in [5.41, 5.74) is 0.797. The number of methoxy groups -OCH3 is 1. The van der Waals surface area contributed by atoms with Crippen molar-refractivity contribution >= 4 is 21.1 Å². The number of benzene rings is 1. The van der Waals surface area contributed by atoms with E-state index in [4.69, 9.17) is 9.15 Å². The molecular weight excluding hydrogens is 284 g/mol. The number of hydrogen-bond donors (Lipinski definition) is 1. The Morgan fingerprint density at radius 2 is 2.15 bits per heavy atom. The molecule has 0 radical (unpaired) electrons. The molecule has 0 aliphatic carbocycles. The van der Waals surface area contributed by atoms with Crippen molar-refractivity contribution < 1.29 is 17.6 Å².